The van der Waals surface area contributed by atoms with Crippen molar-refractivity contribution in [2.45, 2.75) is 19.5 Å². The average Bonchev–Trinajstić information content (AvgIpc) is 3.32. The number of rotatable bonds is 3. The lowest BCUT2D eigenvalue weighted by Crippen LogP contribution is -2.16. The van der Waals surface area contributed by atoms with Crippen LogP contribution in [0.4, 0.5) is 15.9 Å². The summed E-state index contributed by atoms with van der Waals surface area (Å²) in [7, 11) is 0. The molecule has 1 aliphatic rings. The number of carbonyl (C=O) groups is 1. The molecule has 1 fully saturated rings. The van der Waals surface area contributed by atoms with Crippen LogP contribution in [0.2, 0.25) is 0 Å². The summed E-state index contributed by atoms with van der Waals surface area (Å²) in [5.74, 6) is -0.650. The van der Waals surface area contributed by atoms with Crippen molar-refractivity contribution in [2.75, 3.05) is 11.1 Å². The Kier molecular flexibility index (Phi) is 3.56. The first-order valence-corrected chi connectivity index (χ1v) is 7.96. The van der Waals surface area contributed by atoms with Crippen molar-refractivity contribution >= 4 is 28.3 Å². The van der Waals surface area contributed by atoms with E-state index in [1.165, 1.54) is 0 Å². The molecular weight excluding hydrogens is 321 g/mol. The van der Waals surface area contributed by atoms with Crippen molar-refractivity contribution in [2.24, 2.45) is 5.92 Å². The van der Waals surface area contributed by atoms with Crippen LogP contribution in [0.25, 0.3) is 22.0 Å². The fourth-order valence-electron chi connectivity index (χ4n) is 2.85. The smallest absolute Gasteiger partial charge is 0.231 e. The molecule has 0 saturated heterocycles. The van der Waals surface area contributed by atoms with Gasteiger partial charge in [0.25, 0.3) is 0 Å². The minimum Gasteiger partial charge on any atom is -0.397 e. The molecular formula is C18H16FN5O. The molecule has 7 heteroatoms. The molecule has 1 amide bonds. The molecule has 0 aliphatic heterocycles. The fraction of sp³-hybridized carbons (Fsp3) is 0.222. The zero-order valence-electron chi connectivity index (χ0n) is 13.5. The number of halogens is 1. The van der Waals surface area contributed by atoms with Gasteiger partial charge in [0.2, 0.25) is 5.91 Å². The van der Waals surface area contributed by atoms with E-state index in [-0.39, 0.29) is 12.3 Å². The van der Waals surface area contributed by atoms with Gasteiger partial charge in [0, 0.05) is 17.8 Å². The molecule has 0 radical (unpaired) electrons. The summed E-state index contributed by atoms with van der Waals surface area (Å²) in [5, 5.41) is 11.4. The third kappa shape index (κ3) is 2.88. The number of hydrogen-bond donors (Lipinski definition) is 2. The van der Waals surface area contributed by atoms with Crippen LogP contribution in [-0.2, 0) is 4.79 Å². The number of amides is 1. The second-order valence-electron chi connectivity index (χ2n) is 6.27. The van der Waals surface area contributed by atoms with Crippen LogP contribution in [0.5, 0.6) is 0 Å². The maximum atomic E-state index is 13.0. The summed E-state index contributed by atoms with van der Waals surface area (Å²) >= 11 is 0. The maximum absolute atomic E-state index is 13.0. The number of nitrogens with two attached hydrogens (primary N) is 1. The lowest BCUT2D eigenvalue weighted by atomic mass is 10.00. The first-order valence-electron chi connectivity index (χ1n) is 7.96. The Hall–Kier alpha value is -3.09. The Morgan fingerprint density at radius 2 is 2.12 bits per heavy atom. The topological polar surface area (TPSA) is 93.8 Å². The maximum Gasteiger partial charge on any atom is 0.231 e. The molecule has 3 N–H and O–H groups in total. The summed E-state index contributed by atoms with van der Waals surface area (Å²) in [6.45, 7) is 1.97. The van der Waals surface area contributed by atoms with E-state index >= 15 is 0 Å². The molecule has 1 aromatic carbocycles. The Morgan fingerprint density at radius 3 is 2.84 bits per heavy atom. The Labute approximate surface area is 143 Å². The van der Waals surface area contributed by atoms with E-state index in [9.17, 15) is 9.18 Å². The van der Waals surface area contributed by atoms with Crippen LogP contribution in [0, 0.1) is 12.8 Å². The molecule has 1 aliphatic carbocycles. The normalized spacial score (nSPS) is 19.0. The van der Waals surface area contributed by atoms with Crippen LogP contribution < -0.4 is 11.1 Å². The molecule has 25 heavy (non-hydrogen) atoms. The average molecular weight is 337 g/mol. The Bertz CT molecular complexity index is 990. The zero-order chi connectivity index (χ0) is 17.6. The second kappa shape index (κ2) is 5.77. The third-order valence-electron chi connectivity index (χ3n) is 4.35. The van der Waals surface area contributed by atoms with Crippen molar-refractivity contribution in [3.63, 3.8) is 0 Å². The number of carbonyl (C=O) groups excluding carboxylic acids is 1. The van der Waals surface area contributed by atoms with E-state index in [2.05, 4.69) is 20.5 Å². The van der Waals surface area contributed by atoms with Crippen LogP contribution in [0.3, 0.4) is 0 Å². The van der Waals surface area contributed by atoms with Gasteiger partial charge in [-0.3, -0.25) is 9.78 Å². The van der Waals surface area contributed by atoms with E-state index in [1.54, 1.807) is 18.5 Å². The van der Waals surface area contributed by atoms with Crippen molar-refractivity contribution in [1.29, 1.82) is 0 Å². The quantitative estimate of drug-likeness (QED) is 0.717. The van der Waals surface area contributed by atoms with E-state index in [1.807, 2.05) is 25.1 Å². The van der Waals surface area contributed by atoms with Gasteiger partial charge in [-0.15, -0.1) is 10.2 Å². The molecule has 0 spiro atoms. The molecule has 1 saturated carbocycles. The van der Waals surface area contributed by atoms with Gasteiger partial charge in [-0.2, -0.15) is 0 Å². The highest BCUT2D eigenvalue weighted by Gasteiger charge is 2.43. The summed E-state index contributed by atoms with van der Waals surface area (Å²) in [5.41, 5.74) is 10.2. The van der Waals surface area contributed by atoms with Gasteiger partial charge >= 0.3 is 0 Å². The van der Waals surface area contributed by atoms with Crippen molar-refractivity contribution < 1.29 is 9.18 Å². The van der Waals surface area contributed by atoms with Crippen molar-refractivity contribution in [1.82, 2.24) is 15.2 Å². The lowest BCUT2D eigenvalue weighted by molar-refractivity contribution is -0.117. The lowest BCUT2D eigenvalue weighted by Gasteiger charge is -2.10. The first-order chi connectivity index (χ1) is 12.0. The molecule has 2 heterocycles. The summed E-state index contributed by atoms with van der Waals surface area (Å²) < 4.78 is 13.0. The first kappa shape index (κ1) is 15.4. The highest BCUT2D eigenvalue weighted by molar-refractivity contribution is 5.98. The highest BCUT2D eigenvalue weighted by atomic mass is 19.1. The largest absolute Gasteiger partial charge is 0.397 e. The van der Waals surface area contributed by atoms with Crippen LogP contribution in [0.15, 0.2) is 36.7 Å². The SMILES string of the molecule is Cc1cnccc1-c1cc(N)c2nnc(NC(=O)C3CC3F)cc2c1. The van der Waals surface area contributed by atoms with Gasteiger partial charge < -0.3 is 11.1 Å². The van der Waals surface area contributed by atoms with Crippen LogP contribution in [-0.4, -0.2) is 27.3 Å². The number of aryl methyl sites for hydroxylation is 1. The number of nitrogens with one attached hydrogen (secondary N) is 1. The van der Waals surface area contributed by atoms with Gasteiger partial charge in [0.1, 0.15) is 11.7 Å². The molecule has 126 valence electrons. The predicted octanol–water partition coefficient (Wildman–Crippen LogP) is 2.88. The van der Waals surface area contributed by atoms with Gasteiger partial charge in [-0.1, -0.05) is 0 Å². The zero-order valence-corrected chi connectivity index (χ0v) is 13.5. The molecule has 2 aromatic heterocycles. The summed E-state index contributed by atoms with van der Waals surface area (Å²) in [6.07, 6.45) is 2.73. The number of anilines is 2. The fourth-order valence-corrected chi connectivity index (χ4v) is 2.85. The number of pyridine rings is 1. The van der Waals surface area contributed by atoms with Crippen LogP contribution in [0.1, 0.15) is 12.0 Å². The molecule has 2 atom stereocenters. The minimum atomic E-state index is -1.05. The minimum absolute atomic E-state index is 0.269. The molecule has 3 aromatic rings. The number of fused-ring (bicyclic) bond motifs is 1. The summed E-state index contributed by atoms with van der Waals surface area (Å²) in [6, 6.07) is 7.40. The number of aromatic nitrogens is 3. The summed E-state index contributed by atoms with van der Waals surface area (Å²) in [4.78, 5) is 16.0. The van der Waals surface area contributed by atoms with E-state index < -0.39 is 12.1 Å². The number of alkyl halides is 1. The van der Waals surface area contributed by atoms with Crippen molar-refractivity contribution in [3.05, 3.63) is 42.2 Å². The van der Waals surface area contributed by atoms with E-state index in [0.717, 1.165) is 22.1 Å². The number of nitrogens with zero attached hydrogens (tertiary/aromatic N) is 3. The number of benzene rings is 1. The second-order valence-corrected chi connectivity index (χ2v) is 6.27. The van der Waals surface area contributed by atoms with Gasteiger partial charge in [-0.05, 0) is 54.3 Å². The van der Waals surface area contributed by atoms with Crippen molar-refractivity contribution in [3.8, 4) is 11.1 Å². The number of nitrogen functional groups attached to an aromatic ring is 1. The van der Waals surface area contributed by atoms with Gasteiger partial charge in [0.05, 0.1) is 11.6 Å². The van der Waals surface area contributed by atoms with Gasteiger partial charge in [0.15, 0.2) is 5.82 Å². The highest BCUT2D eigenvalue weighted by Crippen LogP contribution is 2.35. The Balaban J connectivity index is 1.73. The molecule has 0 bridgehead atoms. The molecule has 6 nitrogen and oxygen atoms in total. The standard InChI is InChI=1S/C18H16FN5O/c1-9-8-21-3-2-12(9)10-4-11-6-16(22-18(25)13-7-14(13)19)23-24-17(11)15(20)5-10/h2-6,8,13-14H,7,20H2,1H3,(H,22,23,25). The monoisotopic (exact) mass is 337 g/mol. The van der Waals surface area contributed by atoms with E-state index in [4.69, 9.17) is 5.73 Å². The van der Waals surface area contributed by atoms with E-state index in [0.29, 0.717) is 17.0 Å². The Morgan fingerprint density at radius 1 is 1.32 bits per heavy atom. The number of hydrogen-bond acceptors (Lipinski definition) is 5. The van der Waals surface area contributed by atoms with Crippen LogP contribution >= 0.6 is 0 Å². The third-order valence-corrected chi connectivity index (χ3v) is 4.35. The van der Waals surface area contributed by atoms with Gasteiger partial charge in [-0.25, -0.2) is 4.39 Å². The molecule has 4 rings (SSSR count). The molecule has 2 unspecified atom stereocenters. The predicted molar refractivity (Wildman–Crippen MR) is 93.6 cm³/mol.